The highest BCUT2D eigenvalue weighted by Crippen LogP contribution is 2.37. The predicted molar refractivity (Wildman–Crippen MR) is 99.8 cm³/mol. The van der Waals surface area contributed by atoms with Crippen molar-refractivity contribution in [2.75, 3.05) is 0 Å². The van der Waals surface area contributed by atoms with Crippen LogP contribution in [0.25, 0.3) is 0 Å². The standard InChI is InChI=1S/C20H13ClF6Si/c21-19(22,23)17-13-14(20(24,25)26)11-12-18(17)28(27,15-7-3-1-4-8-15)16-9-5-2-6-10-16/h1-13H. The van der Waals surface area contributed by atoms with Crippen molar-refractivity contribution in [1.82, 2.24) is 0 Å². The van der Waals surface area contributed by atoms with E-state index in [0.29, 0.717) is 6.07 Å². The van der Waals surface area contributed by atoms with Crippen LogP contribution >= 0.6 is 11.6 Å². The fraction of sp³-hybridized carbons (Fsp3) is 0.100. The van der Waals surface area contributed by atoms with Gasteiger partial charge in [-0.3, -0.25) is 4.11 Å². The smallest absolute Gasteiger partial charge is 0.296 e. The minimum absolute atomic E-state index is 0.128. The Balaban J connectivity index is 2.36. The maximum Gasteiger partial charge on any atom is 0.416 e. The highest BCUT2D eigenvalue weighted by molar-refractivity contribution is 7.07. The topological polar surface area (TPSA) is 0 Å². The summed E-state index contributed by atoms with van der Waals surface area (Å²) < 4.78 is 84.1. The zero-order valence-electron chi connectivity index (χ0n) is 14.2. The van der Waals surface area contributed by atoms with E-state index in [1.54, 1.807) is 36.4 Å². The summed E-state index contributed by atoms with van der Waals surface area (Å²) in [4.78, 5) is 0. The van der Waals surface area contributed by atoms with Gasteiger partial charge in [0.15, 0.2) is 0 Å². The molecular weight excluding hydrogens is 418 g/mol. The third-order valence-electron chi connectivity index (χ3n) is 4.37. The van der Waals surface area contributed by atoms with Crippen LogP contribution in [0.4, 0.5) is 26.1 Å². The summed E-state index contributed by atoms with van der Waals surface area (Å²) in [6, 6.07) is 16.8. The molecule has 0 atom stereocenters. The Morgan fingerprint density at radius 3 is 1.54 bits per heavy atom. The number of hydrogen-bond donors (Lipinski definition) is 0. The summed E-state index contributed by atoms with van der Waals surface area (Å²) in [5, 5.41) is -4.44. The van der Waals surface area contributed by atoms with Crippen molar-refractivity contribution in [2.45, 2.75) is 11.6 Å². The summed E-state index contributed by atoms with van der Waals surface area (Å²) in [6.45, 7) is 0. The van der Waals surface area contributed by atoms with Crippen LogP contribution in [0.2, 0.25) is 0 Å². The number of hydrogen-bond acceptors (Lipinski definition) is 0. The molecule has 146 valence electrons. The van der Waals surface area contributed by atoms with Crippen molar-refractivity contribution >= 4 is 35.6 Å². The average molecular weight is 431 g/mol. The number of rotatable bonds is 4. The summed E-state index contributed by atoms with van der Waals surface area (Å²) >= 11 is 5.12. The van der Waals surface area contributed by atoms with E-state index >= 15 is 4.11 Å². The highest BCUT2D eigenvalue weighted by Gasteiger charge is 2.48. The van der Waals surface area contributed by atoms with Gasteiger partial charge in [0.25, 0.3) is 0 Å². The van der Waals surface area contributed by atoms with E-state index in [4.69, 9.17) is 11.6 Å². The van der Waals surface area contributed by atoms with Gasteiger partial charge in [0, 0.05) is 5.56 Å². The fourth-order valence-corrected chi connectivity index (χ4v) is 6.48. The molecule has 0 aliphatic heterocycles. The summed E-state index contributed by atoms with van der Waals surface area (Å²) in [6.07, 6.45) is -4.87. The van der Waals surface area contributed by atoms with Crippen LogP contribution in [0.15, 0.2) is 78.9 Å². The molecule has 0 N–H and O–H groups in total. The van der Waals surface area contributed by atoms with Crippen molar-refractivity contribution in [2.24, 2.45) is 0 Å². The first kappa shape index (κ1) is 20.5. The minimum Gasteiger partial charge on any atom is -0.296 e. The summed E-state index contributed by atoms with van der Waals surface area (Å²) in [5.74, 6) is 0. The molecule has 3 aromatic rings. The van der Waals surface area contributed by atoms with E-state index in [9.17, 15) is 22.0 Å². The van der Waals surface area contributed by atoms with Crippen LogP contribution in [0.5, 0.6) is 0 Å². The highest BCUT2D eigenvalue weighted by atomic mass is 35.5. The molecule has 0 unspecified atom stereocenters. The SMILES string of the molecule is FC(F)(F)c1ccc([Si](F)(c2ccccc2)c2ccccc2)c(C(F)(F)Cl)c1. The fourth-order valence-electron chi connectivity index (χ4n) is 3.07. The molecule has 0 spiro atoms. The lowest BCUT2D eigenvalue weighted by Gasteiger charge is -2.28. The van der Waals surface area contributed by atoms with E-state index < -0.39 is 36.3 Å². The third kappa shape index (κ3) is 3.82. The Hall–Kier alpha value is -2.25. The first-order chi connectivity index (χ1) is 13.0. The quantitative estimate of drug-likeness (QED) is 0.181. The first-order valence-corrected chi connectivity index (χ1v) is 10.4. The monoisotopic (exact) mass is 430 g/mol. The maximum absolute atomic E-state index is 16.7. The summed E-state index contributed by atoms with van der Waals surface area (Å²) in [5.41, 5.74) is -2.49. The Kier molecular flexibility index (Phi) is 5.33. The Morgan fingerprint density at radius 2 is 1.14 bits per heavy atom. The Labute approximate surface area is 163 Å². The molecule has 0 aliphatic rings. The van der Waals surface area contributed by atoms with Gasteiger partial charge < -0.3 is 0 Å². The average Bonchev–Trinajstić information content (AvgIpc) is 2.67. The van der Waals surface area contributed by atoms with E-state index in [-0.39, 0.29) is 16.4 Å². The van der Waals surface area contributed by atoms with Gasteiger partial charge in [-0.2, -0.15) is 22.0 Å². The Bertz CT molecular complexity index is 912. The number of halogens is 7. The van der Waals surface area contributed by atoms with Crippen LogP contribution in [0.3, 0.4) is 0 Å². The normalized spacial score (nSPS) is 12.8. The molecule has 0 fully saturated rings. The van der Waals surface area contributed by atoms with Gasteiger partial charge >= 0.3 is 20.0 Å². The van der Waals surface area contributed by atoms with E-state index in [2.05, 4.69) is 0 Å². The molecule has 0 aliphatic carbocycles. The van der Waals surface area contributed by atoms with E-state index in [1.165, 1.54) is 24.3 Å². The van der Waals surface area contributed by atoms with E-state index in [1.807, 2.05) is 0 Å². The van der Waals surface area contributed by atoms with Crippen molar-refractivity contribution in [3.05, 3.63) is 90.0 Å². The molecular formula is C20H13ClF6Si. The number of alkyl halides is 6. The van der Waals surface area contributed by atoms with Gasteiger partial charge in [-0.15, -0.1) is 0 Å². The lowest BCUT2D eigenvalue weighted by atomic mass is 10.1. The van der Waals surface area contributed by atoms with Crippen LogP contribution in [0.1, 0.15) is 11.1 Å². The van der Waals surface area contributed by atoms with Gasteiger partial charge in [0.2, 0.25) is 0 Å². The van der Waals surface area contributed by atoms with Crippen molar-refractivity contribution in [3.8, 4) is 0 Å². The van der Waals surface area contributed by atoms with E-state index in [0.717, 1.165) is 6.07 Å². The first-order valence-electron chi connectivity index (χ1n) is 8.13. The molecule has 0 nitrogen and oxygen atoms in total. The van der Waals surface area contributed by atoms with Crippen LogP contribution < -0.4 is 15.6 Å². The second-order valence-corrected chi connectivity index (χ2v) is 9.63. The van der Waals surface area contributed by atoms with Gasteiger partial charge in [0.05, 0.1) is 5.56 Å². The van der Waals surface area contributed by atoms with Crippen LogP contribution in [0, 0.1) is 0 Å². The number of benzene rings is 3. The van der Waals surface area contributed by atoms with Gasteiger partial charge in [-0.25, -0.2) is 0 Å². The van der Waals surface area contributed by atoms with Crippen molar-refractivity contribution in [1.29, 1.82) is 0 Å². The zero-order valence-corrected chi connectivity index (χ0v) is 15.9. The molecule has 3 aromatic carbocycles. The predicted octanol–water partition coefficient (Wildman–Crippen LogP) is 4.93. The largest absolute Gasteiger partial charge is 0.416 e. The minimum atomic E-state index is -4.87. The second kappa shape index (κ2) is 7.29. The van der Waals surface area contributed by atoms with Gasteiger partial charge in [-0.1, -0.05) is 66.7 Å². The van der Waals surface area contributed by atoms with Crippen molar-refractivity contribution < 1.29 is 26.1 Å². The Morgan fingerprint density at radius 1 is 0.679 bits per heavy atom. The molecule has 0 saturated carbocycles. The zero-order chi connectivity index (χ0) is 20.6. The second-order valence-electron chi connectivity index (χ2n) is 6.15. The molecule has 0 saturated heterocycles. The lowest BCUT2D eigenvalue weighted by molar-refractivity contribution is -0.137. The molecule has 0 amide bonds. The molecule has 28 heavy (non-hydrogen) atoms. The summed E-state index contributed by atoms with van der Waals surface area (Å²) in [7, 11) is -4.55. The maximum atomic E-state index is 16.7. The molecule has 0 aromatic heterocycles. The van der Waals surface area contributed by atoms with Crippen molar-refractivity contribution in [3.63, 3.8) is 0 Å². The third-order valence-corrected chi connectivity index (χ3v) is 8.01. The molecule has 0 bridgehead atoms. The van der Waals surface area contributed by atoms with Gasteiger partial charge in [0.1, 0.15) is 0 Å². The van der Waals surface area contributed by atoms with Crippen LogP contribution in [-0.4, -0.2) is 8.41 Å². The molecule has 8 heteroatoms. The molecule has 0 radical (unpaired) electrons. The van der Waals surface area contributed by atoms with Crippen LogP contribution in [-0.2, 0) is 11.6 Å². The molecule has 0 heterocycles. The lowest BCUT2D eigenvalue weighted by Crippen LogP contribution is -2.65. The van der Waals surface area contributed by atoms with Gasteiger partial charge in [-0.05, 0) is 39.3 Å². The molecule has 3 rings (SSSR count).